The van der Waals surface area contributed by atoms with E-state index in [2.05, 4.69) is 21.4 Å². The highest BCUT2D eigenvalue weighted by Crippen LogP contribution is 2.50. The molecule has 2 heterocycles. The van der Waals surface area contributed by atoms with Gasteiger partial charge in [0.25, 0.3) is 5.69 Å². The molecule has 17 heteroatoms. The lowest BCUT2D eigenvalue weighted by Crippen LogP contribution is -2.47. The number of nitrogens with zero attached hydrogens (tertiary/aromatic N) is 3. The van der Waals surface area contributed by atoms with Crippen molar-refractivity contribution in [3.63, 3.8) is 0 Å². The number of carbonyl (C=O) groups excluding carboxylic acids is 1. The van der Waals surface area contributed by atoms with Crippen LogP contribution in [0, 0.1) is 10.1 Å². The third kappa shape index (κ3) is 6.84. The summed E-state index contributed by atoms with van der Waals surface area (Å²) in [6.45, 7) is 5.45. The first-order valence-corrected chi connectivity index (χ1v) is 13.0. The van der Waals surface area contributed by atoms with E-state index in [-0.39, 0.29) is 17.3 Å². The van der Waals surface area contributed by atoms with E-state index in [1.165, 1.54) is 50.4 Å². The molecule has 0 saturated carbocycles. The molecule has 2 aliphatic heterocycles. The Morgan fingerprint density at radius 2 is 2.05 bits per heavy atom. The lowest BCUT2D eigenvalue weighted by atomic mass is 10.1. The van der Waals surface area contributed by atoms with E-state index in [0.29, 0.717) is 5.56 Å². The number of ether oxygens (including phenoxy) is 2. The van der Waals surface area contributed by atoms with E-state index < -0.39 is 61.8 Å². The molecule has 0 aliphatic carbocycles. The number of non-ortho nitro benzene ring substituents is 1. The third-order valence-corrected chi connectivity index (χ3v) is 7.57. The van der Waals surface area contributed by atoms with Crippen molar-refractivity contribution in [1.82, 2.24) is 9.99 Å². The van der Waals surface area contributed by atoms with Gasteiger partial charge in [-0.25, -0.2) is 14.6 Å². The highest BCUT2D eigenvalue weighted by molar-refractivity contribution is 7.51. The molecule has 2 aliphatic rings. The van der Waals surface area contributed by atoms with Gasteiger partial charge in [-0.3, -0.25) is 24.0 Å². The number of nitro groups is 1. The summed E-state index contributed by atoms with van der Waals surface area (Å²) in [5.74, 6) is -4.80. The third-order valence-electron chi connectivity index (χ3n) is 5.78. The number of esters is 1. The number of amidine groups is 1. The number of nitrogens with two attached hydrogens (primary N) is 1. The molecule has 6 atom stereocenters. The topological polar surface area (TPSA) is 188 Å². The minimum atomic E-state index is -4.49. The molecule has 3 rings (SSSR count). The van der Waals surface area contributed by atoms with Gasteiger partial charge in [-0.2, -0.15) is 8.78 Å². The van der Waals surface area contributed by atoms with Crippen LogP contribution in [-0.2, 0) is 27.9 Å². The number of carbonyl (C=O) groups is 1. The van der Waals surface area contributed by atoms with E-state index in [0.717, 1.165) is 12.0 Å². The first kappa shape index (κ1) is 30.3. The van der Waals surface area contributed by atoms with Crippen LogP contribution in [0.3, 0.4) is 0 Å². The van der Waals surface area contributed by atoms with Gasteiger partial charge in [0.1, 0.15) is 23.8 Å². The van der Waals surface area contributed by atoms with Crippen LogP contribution in [0.4, 0.5) is 14.5 Å². The second-order valence-corrected chi connectivity index (χ2v) is 10.3. The van der Waals surface area contributed by atoms with Gasteiger partial charge in [-0.1, -0.05) is 6.58 Å². The number of nitro benzene ring substituents is 1. The number of benzene rings is 1. The number of aliphatic imine (C=N–C) groups is 1. The Morgan fingerprint density at radius 1 is 1.41 bits per heavy atom. The quantitative estimate of drug-likeness (QED) is 0.151. The second kappa shape index (κ2) is 11.9. The van der Waals surface area contributed by atoms with Crippen LogP contribution < -0.4 is 10.8 Å². The Labute approximate surface area is 221 Å². The number of nitrogens with one attached hydrogen (secondary N) is 1. The standard InChI is InChI=1S/C22H28F2N5O9P/c1-12(20(31)35-4)27-39(34,38-13(2)15-5-7-16(8-6-15)29(32)33)36-11-17-19(30)22(23,24)21(37-17)28-10-9-18(25)26-14(28)3/h5-10,12-13,17,19,21,30H,3,11H2,1-2,4H3,(H2,25,26)(H,27,34)/t12-,13?,17+,19?,21+,39?/m0/s1. The monoisotopic (exact) mass is 575 g/mol. The molecule has 1 aromatic carbocycles. The molecule has 39 heavy (non-hydrogen) atoms. The number of aliphatic hydroxyl groups excluding tert-OH is 1. The van der Waals surface area contributed by atoms with Gasteiger partial charge in [-0.15, -0.1) is 0 Å². The summed E-state index contributed by atoms with van der Waals surface area (Å²) < 4.78 is 64.4. The van der Waals surface area contributed by atoms with E-state index in [1.54, 1.807) is 0 Å². The number of hydrogen-bond acceptors (Lipinski definition) is 12. The lowest BCUT2D eigenvalue weighted by molar-refractivity contribution is -0.384. The Balaban J connectivity index is 1.78. The van der Waals surface area contributed by atoms with Crippen molar-refractivity contribution >= 4 is 25.2 Å². The molecule has 214 valence electrons. The molecule has 0 aromatic heterocycles. The summed E-state index contributed by atoms with van der Waals surface area (Å²) in [6.07, 6.45) is -4.74. The Morgan fingerprint density at radius 3 is 2.62 bits per heavy atom. The SMILES string of the molecule is C=C1N=C(N)C=CN1[C@@H]1O[C@H](COP(=O)(N[C@@H](C)C(=O)OC)OC(C)c2ccc([N+](=O)[O-])cc2)C(O)C1(F)F. The number of rotatable bonds is 11. The molecule has 3 unspecified atom stereocenters. The summed E-state index contributed by atoms with van der Waals surface area (Å²) in [4.78, 5) is 26.9. The van der Waals surface area contributed by atoms with E-state index in [4.69, 9.17) is 19.5 Å². The van der Waals surface area contributed by atoms with Crippen LogP contribution in [0.25, 0.3) is 0 Å². The Kier molecular flexibility index (Phi) is 9.20. The van der Waals surface area contributed by atoms with Crippen molar-refractivity contribution < 1.29 is 46.7 Å². The highest BCUT2D eigenvalue weighted by Gasteiger charge is 2.61. The minimum Gasteiger partial charge on any atom is -0.468 e. The summed E-state index contributed by atoms with van der Waals surface area (Å²) in [5, 5.41) is 23.6. The predicted octanol–water partition coefficient (Wildman–Crippen LogP) is 2.33. The average Bonchev–Trinajstić information content (AvgIpc) is 3.10. The summed E-state index contributed by atoms with van der Waals surface area (Å²) in [6, 6.07) is 3.91. The average molecular weight is 575 g/mol. The number of methoxy groups -OCH3 is 1. The van der Waals surface area contributed by atoms with Gasteiger partial charge in [0.05, 0.1) is 24.7 Å². The maximum atomic E-state index is 15.0. The van der Waals surface area contributed by atoms with Crippen LogP contribution in [0.2, 0.25) is 0 Å². The fourth-order valence-corrected chi connectivity index (χ4v) is 5.34. The van der Waals surface area contributed by atoms with Crippen LogP contribution >= 0.6 is 7.75 Å². The largest absolute Gasteiger partial charge is 0.468 e. The number of hydrogen-bond donors (Lipinski definition) is 3. The van der Waals surface area contributed by atoms with Crippen molar-refractivity contribution in [2.45, 2.75) is 50.4 Å². The van der Waals surface area contributed by atoms with Crippen LogP contribution in [0.5, 0.6) is 0 Å². The second-order valence-electron chi connectivity index (χ2n) is 8.59. The summed E-state index contributed by atoms with van der Waals surface area (Å²) >= 11 is 0. The van der Waals surface area contributed by atoms with Crippen LogP contribution in [-0.4, -0.2) is 70.9 Å². The molecule has 1 aromatic rings. The Hall–Kier alpha value is -3.27. The zero-order valence-electron chi connectivity index (χ0n) is 21.1. The molecular weight excluding hydrogens is 547 g/mol. The smallest absolute Gasteiger partial charge is 0.406 e. The number of alkyl halides is 2. The fraction of sp³-hybridized carbons (Fsp3) is 0.455. The van der Waals surface area contributed by atoms with Crippen LogP contribution in [0.15, 0.2) is 53.9 Å². The van der Waals surface area contributed by atoms with Crippen molar-refractivity contribution in [3.8, 4) is 0 Å². The maximum absolute atomic E-state index is 15.0. The van der Waals surface area contributed by atoms with Crippen molar-refractivity contribution in [2.24, 2.45) is 10.7 Å². The minimum absolute atomic E-state index is 0.0315. The molecule has 0 spiro atoms. The molecule has 0 bridgehead atoms. The number of halogens is 2. The van der Waals surface area contributed by atoms with Crippen molar-refractivity contribution in [3.05, 3.63) is 64.6 Å². The van der Waals surface area contributed by atoms with Gasteiger partial charge in [0.15, 0.2) is 6.10 Å². The molecular formula is C22H28F2N5O9P. The molecule has 4 N–H and O–H groups in total. The van der Waals surface area contributed by atoms with E-state index >= 15 is 0 Å². The Bertz CT molecular complexity index is 1210. The van der Waals surface area contributed by atoms with Gasteiger partial charge >= 0.3 is 19.6 Å². The summed E-state index contributed by atoms with van der Waals surface area (Å²) in [5.41, 5.74) is 5.71. The first-order valence-electron chi connectivity index (χ1n) is 11.4. The van der Waals surface area contributed by atoms with Crippen molar-refractivity contribution in [2.75, 3.05) is 13.7 Å². The maximum Gasteiger partial charge on any atom is 0.406 e. The molecule has 1 fully saturated rings. The first-order chi connectivity index (χ1) is 18.2. The van der Waals surface area contributed by atoms with E-state index in [9.17, 15) is 33.4 Å². The lowest BCUT2D eigenvalue weighted by Gasteiger charge is -2.31. The highest BCUT2D eigenvalue weighted by atomic mass is 31.2. The molecule has 0 radical (unpaired) electrons. The predicted molar refractivity (Wildman–Crippen MR) is 132 cm³/mol. The molecule has 0 amide bonds. The normalized spacial score (nSPS) is 25.5. The summed E-state index contributed by atoms with van der Waals surface area (Å²) in [7, 11) is -3.40. The van der Waals surface area contributed by atoms with Gasteiger partial charge in [0.2, 0.25) is 6.23 Å². The van der Waals surface area contributed by atoms with Crippen LogP contribution in [0.1, 0.15) is 25.5 Å². The number of aliphatic hydroxyl groups is 1. The van der Waals surface area contributed by atoms with Gasteiger partial charge < -0.3 is 25.2 Å². The van der Waals surface area contributed by atoms with Gasteiger partial charge in [0, 0.05) is 18.3 Å². The van der Waals surface area contributed by atoms with E-state index in [1.807, 2.05) is 0 Å². The van der Waals surface area contributed by atoms with Crippen molar-refractivity contribution in [1.29, 1.82) is 0 Å². The zero-order chi connectivity index (χ0) is 29.1. The zero-order valence-corrected chi connectivity index (χ0v) is 22.0. The molecule has 14 nitrogen and oxygen atoms in total. The fourth-order valence-electron chi connectivity index (χ4n) is 3.68. The molecule has 1 saturated heterocycles. The van der Waals surface area contributed by atoms with Gasteiger partial charge in [-0.05, 0) is 37.6 Å².